The minimum atomic E-state index is 0.279. The Labute approximate surface area is 91.9 Å². The molecule has 13 heavy (non-hydrogen) atoms. The Bertz CT molecular complexity index is 210. The van der Waals surface area contributed by atoms with Crippen LogP contribution in [0.5, 0.6) is 0 Å². The van der Waals surface area contributed by atoms with Gasteiger partial charge in [-0.1, -0.05) is 22.6 Å². The highest BCUT2D eigenvalue weighted by Crippen LogP contribution is 2.29. The molecule has 0 spiro atoms. The molecule has 0 radical (unpaired) electrons. The molecule has 0 aromatic heterocycles. The number of carbonyl (C=O) groups excluding carboxylic acids is 1. The molecule has 1 saturated carbocycles. The van der Waals surface area contributed by atoms with E-state index in [9.17, 15) is 4.79 Å². The molecule has 2 aliphatic rings. The van der Waals surface area contributed by atoms with E-state index < -0.39 is 0 Å². The fourth-order valence-electron chi connectivity index (χ4n) is 2.31. The Morgan fingerprint density at radius 3 is 3.15 bits per heavy atom. The van der Waals surface area contributed by atoms with Crippen molar-refractivity contribution in [2.75, 3.05) is 17.6 Å². The number of ether oxygens (including phenoxy) is 1. The van der Waals surface area contributed by atoms with Crippen molar-refractivity contribution in [1.29, 1.82) is 0 Å². The molecular weight excluding hydrogens is 281 g/mol. The van der Waals surface area contributed by atoms with Gasteiger partial charge in [0.05, 0.1) is 23.2 Å². The molecular formula is C9H14INO2. The van der Waals surface area contributed by atoms with Crippen molar-refractivity contribution in [3.05, 3.63) is 0 Å². The van der Waals surface area contributed by atoms with Gasteiger partial charge in [0.25, 0.3) is 0 Å². The van der Waals surface area contributed by atoms with Gasteiger partial charge in [0.2, 0.25) is 5.91 Å². The Kier molecular flexibility index (Phi) is 3.08. The van der Waals surface area contributed by atoms with Gasteiger partial charge in [-0.3, -0.25) is 4.79 Å². The first-order valence-electron chi connectivity index (χ1n) is 4.80. The molecule has 0 bridgehead atoms. The number of fused-ring (bicyclic) bond motifs is 1. The highest BCUT2D eigenvalue weighted by Gasteiger charge is 2.37. The van der Waals surface area contributed by atoms with E-state index >= 15 is 0 Å². The van der Waals surface area contributed by atoms with Crippen LogP contribution in [-0.2, 0) is 9.53 Å². The zero-order valence-electron chi connectivity index (χ0n) is 7.54. The average Bonchev–Trinajstić information content (AvgIpc) is 2.63. The molecule has 3 nitrogen and oxygen atoms in total. The number of hydrogen-bond donors (Lipinski definition) is 0. The number of halogens is 1. The van der Waals surface area contributed by atoms with Gasteiger partial charge < -0.3 is 9.64 Å². The quantitative estimate of drug-likeness (QED) is 0.537. The van der Waals surface area contributed by atoms with Crippen molar-refractivity contribution in [3.8, 4) is 0 Å². The zero-order chi connectivity index (χ0) is 9.26. The summed E-state index contributed by atoms with van der Waals surface area (Å²) in [6.07, 6.45) is 3.81. The minimum absolute atomic E-state index is 0.279. The first kappa shape index (κ1) is 9.71. The molecule has 2 rings (SSSR count). The second-order valence-corrected chi connectivity index (χ2v) is 4.39. The summed E-state index contributed by atoms with van der Waals surface area (Å²) in [6.45, 7) is 1.52. The van der Waals surface area contributed by atoms with Gasteiger partial charge in [-0.15, -0.1) is 0 Å². The first-order valence-corrected chi connectivity index (χ1v) is 6.32. The molecule has 1 aliphatic heterocycles. The number of amides is 1. The summed E-state index contributed by atoms with van der Waals surface area (Å²) in [5.41, 5.74) is 0. The average molecular weight is 295 g/mol. The molecule has 1 heterocycles. The molecule has 2 unspecified atom stereocenters. The maximum atomic E-state index is 11.6. The van der Waals surface area contributed by atoms with Crippen LogP contribution < -0.4 is 0 Å². The lowest BCUT2D eigenvalue weighted by Gasteiger charge is -2.37. The third kappa shape index (κ3) is 1.83. The van der Waals surface area contributed by atoms with E-state index in [0.29, 0.717) is 16.6 Å². The van der Waals surface area contributed by atoms with Crippen LogP contribution in [0.15, 0.2) is 0 Å². The van der Waals surface area contributed by atoms with Gasteiger partial charge in [0.1, 0.15) is 0 Å². The molecule has 1 amide bonds. The molecule has 2 fully saturated rings. The minimum Gasteiger partial charge on any atom is -0.374 e. The van der Waals surface area contributed by atoms with Crippen molar-refractivity contribution < 1.29 is 9.53 Å². The summed E-state index contributed by atoms with van der Waals surface area (Å²) in [6, 6.07) is 0.385. The smallest absolute Gasteiger partial charge is 0.232 e. The second kappa shape index (κ2) is 4.13. The van der Waals surface area contributed by atoms with Gasteiger partial charge in [-0.2, -0.15) is 0 Å². The van der Waals surface area contributed by atoms with Crippen molar-refractivity contribution in [1.82, 2.24) is 4.90 Å². The van der Waals surface area contributed by atoms with Gasteiger partial charge in [0.15, 0.2) is 0 Å². The van der Waals surface area contributed by atoms with E-state index in [1.165, 1.54) is 6.42 Å². The fraction of sp³-hybridized carbons (Fsp3) is 0.889. The predicted molar refractivity (Wildman–Crippen MR) is 58.0 cm³/mol. The van der Waals surface area contributed by atoms with E-state index in [1.807, 2.05) is 4.90 Å². The monoisotopic (exact) mass is 295 g/mol. The second-order valence-electron chi connectivity index (χ2n) is 3.63. The van der Waals surface area contributed by atoms with Crippen molar-refractivity contribution in [3.63, 3.8) is 0 Å². The third-order valence-electron chi connectivity index (χ3n) is 2.92. The van der Waals surface area contributed by atoms with E-state index in [1.54, 1.807) is 0 Å². The summed E-state index contributed by atoms with van der Waals surface area (Å²) >= 11 is 2.14. The number of carbonyl (C=O) groups is 1. The number of nitrogens with zero attached hydrogens (tertiary/aromatic N) is 1. The van der Waals surface area contributed by atoms with Crippen LogP contribution in [0, 0.1) is 0 Å². The summed E-state index contributed by atoms with van der Waals surface area (Å²) in [5, 5.41) is 0. The Balaban J connectivity index is 2.05. The van der Waals surface area contributed by atoms with Crippen LogP contribution >= 0.6 is 22.6 Å². The van der Waals surface area contributed by atoms with Crippen LogP contribution in [-0.4, -0.2) is 40.5 Å². The van der Waals surface area contributed by atoms with Gasteiger partial charge in [-0.05, 0) is 19.3 Å². The van der Waals surface area contributed by atoms with Gasteiger partial charge in [0, 0.05) is 6.54 Å². The van der Waals surface area contributed by atoms with Crippen molar-refractivity contribution >= 4 is 28.5 Å². The molecule has 0 aromatic carbocycles. The SMILES string of the molecule is O=C(CI)N1CCOC2CCCC21. The summed E-state index contributed by atoms with van der Waals surface area (Å²) in [7, 11) is 0. The third-order valence-corrected chi connectivity index (χ3v) is 3.57. The predicted octanol–water partition coefficient (Wildman–Crippen LogP) is 1.20. The van der Waals surface area contributed by atoms with Crippen LogP contribution in [0.2, 0.25) is 0 Å². The Hall–Kier alpha value is 0.160. The van der Waals surface area contributed by atoms with Gasteiger partial charge in [-0.25, -0.2) is 0 Å². The van der Waals surface area contributed by atoms with Crippen LogP contribution in [0.25, 0.3) is 0 Å². The van der Waals surface area contributed by atoms with E-state index in [-0.39, 0.29) is 5.91 Å². The molecule has 1 saturated heterocycles. The zero-order valence-corrected chi connectivity index (χ0v) is 9.70. The van der Waals surface area contributed by atoms with E-state index in [0.717, 1.165) is 26.0 Å². The van der Waals surface area contributed by atoms with Gasteiger partial charge >= 0.3 is 0 Å². The molecule has 0 aromatic rings. The number of rotatable bonds is 1. The first-order chi connectivity index (χ1) is 6.33. The normalized spacial score (nSPS) is 33.2. The molecule has 2 atom stereocenters. The van der Waals surface area contributed by atoms with Crippen LogP contribution in [0.1, 0.15) is 19.3 Å². The molecule has 1 aliphatic carbocycles. The summed E-state index contributed by atoms with van der Waals surface area (Å²) in [4.78, 5) is 13.6. The fourth-order valence-corrected chi connectivity index (χ4v) is 2.75. The lowest BCUT2D eigenvalue weighted by Crippen LogP contribution is -2.51. The van der Waals surface area contributed by atoms with Crippen molar-refractivity contribution in [2.45, 2.75) is 31.4 Å². The summed E-state index contributed by atoms with van der Waals surface area (Å²) < 4.78 is 6.23. The number of morpholine rings is 1. The Morgan fingerprint density at radius 1 is 1.54 bits per heavy atom. The van der Waals surface area contributed by atoms with Crippen LogP contribution in [0.3, 0.4) is 0 Å². The molecule has 74 valence electrons. The highest BCUT2D eigenvalue weighted by molar-refractivity contribution is 14.1. The van der Waals surface area contributed by atoms with E-state index in [2.05, 4.69) is 22.6 Å². The standard InChI is InChI=1S/C9H14INO2/c10-6-9(12)11-4-5-13-8-3-1-2-7(8)11/h7-8H,1-6H2. The largest absolute Gasteiger partial charge is 0.374 e. The maximum Gasteiger partial charge on any atom is 0.232 e. The Morgan fingerprint density at radius 2 is 2.38 bits per heavy atom. The lowest BCUT2D eigenvalue weighted by molar-refractivity contribution is -0.140. The number of hydrogen-bond acceptors (Lipinski definition) is 2. The lowest BCUT2D eigenvalue weighted by atomic mass is 10.1. The topological polar surface area (TPSA) is 29.5 Å². The van der Waals surface area contributed by atoms with Crippen molar-refractivity contribution in [2.24, 2.45) is 0 Å². The van der Waals surface area contributed by atoms with E-state index in [4.69, 9.17) is 4.74 Å². The number of alkyl halides is 1. The highest BCUT2D eigenvalue weighted by atomic mass is 127. The summed E-state index contributed by atoms with van der Waals surface area (Å²) in [5.74, 6) is 0.279. The molecule has 4 heteroatoms. The molecule has 0 N–H and O–H groups in total. The maximum absolute atomic E-state index is 11.6. The van der Waals surface area contributed by atoms with Crippen LogP contribution in [0.4, 0.5) is 0 Å².